The number of carbonyl (C=O) groups excluding carboxylic acids is 1. The van der Waals surface area contributed by atoms with Crippen LogP contribution < -0.4 is 4.74 Å². The molecule has 0 bridgehead atoms. The molecule has 2 aliphatic rings. The highest BCUT2D eigenvalue weighted by Crippen LogP contribution is 2.29. The Morgan fingerprint density at radius 2 is 2.10 bits per heavy atom. The van der Waals surface area contributed by atoms with Crippen molar-refractivity contribution in [1.82, 2.24) is 4.57 Å². The lowest BCUT2D eigenvalue weighted by Gasteiger charge is -2.11. The van der Waals surface area contributed by atoms with E-state index in [9.17, 15) is 4.79 Å². The Kier molecular flexibility index (Phi) is 2.39. The SMILES string of the molecule is O=C1C=Cc2cc3ccc(OC4=CC=CCC4)cc3n21. The molecule has 0 N–H and O–H groups in total. The van der Waals surface area contributed by atoms with Gasteiger partial charge < -0.3 is 4.74 Å². The van der Waals surface area contributed by atoms with Gasteiger partial charge in [0.2, 0.25) is 0 Å². The van der Waals surface area contributed by atoms with Crippen molar-refractivity contribution in [1.29, 1.82) is 0 Å². The number of fused-ring (bicyclic) bond motifs is 3. The van der Waals surface area contributed by atoms with E-state index in [-0.39, 0.29) is 5.91 Å². The number of benzene rings is 1. The third kappa shape index (κ3) is 1.71. The van der Waals surface area contributed by atoms with Crippen molar-refractivity contribution < 1.29 is 9.53 Å². The van der Waals surface area contributed by atoms with Crippen LogP contribution in [0.4, 0.5) is 0 Å². The highest BCUT2D eigenvalue weighted by molar-refractivity contribution is 6.06. The smallest absolute Gasteiger partial charge is 0.255 e. The maximum atomic E-state index is 11.9. The van der Waals surface area contributed by atoms with E-state index >= 15 is 0 Å². The molecule has 0 amide bonds. The van der Waals surface area contributed by atoms with Crippen molar-refractivity contribution in [3.63, 3.8) is 0 Å². The Hall–Kier alpha value is -2.55. The number of rotatable bonds is 2. The molecule has 0 saturated heterocycles. The molecular formula is C17H13NO2. The maximum absolute atomic E-state index is 11.9. The summed E-state index contributed by atoms with van der Waals surface area (Å²) in [4.78, 5) is 11.9. The van der Waals surface area contributed by atoms with Gasteiger partial charge in [-0.2, -0.15) is 0 Å². The van der Waals surface area contributed by atoms with Gasteiger partial charge in [0, 0.05) is 23.9 Å². The average Bonchev–Trinajstić information content (AvgIpc) is 3.00. The molecule has 1 aromatic carbocycles. The summed E-state index contributed by atoms with van der Waals surface area (Å²) < 4.78 is 7.61. The fourth-order valence-corrected chi connectivity index (χ4v) is 2.68. The normalized spacial score (nSPS) is 16.6. The molecule has 2 heterocycles. The first-order valence-corrected chi connectivity index (χ1v) is 6.73. The molecule has 0 unspecified atom stereocenters. The van der Waals surface area contributed by atoms with E-state index in [0.29, 0.717) is 0 Å². The summed E-state index contributed by atoms with van der Waals surface area (Å²) in [6.07, 6.45) is 11.5. The van der Waals surface area contributed by atoms with Gasteiger partial charge in [0.15, 0.2) is 0 Å². The fourth-order valence-electron chi connectivity index (χ4n) is 2.68. The summed E-state index contributed by atoms with van der Waals surface area (Å²) in [5.41, 5.74) is 1.83. The number of allylic oxidation sites excluding steroid dienone is 5. The van der Waals surface area contributed by atoms with Gasteiger partial charge in [-0.1, -0.05) is 12.2 Å². The zero-order valence-electron chi connectivity index (χ0n) is 10.9. The van der Waals surface area contributed by atoms with E-state index in [1.54, 1.807) is 10.6 Å². The van der Waals surface area contributed by atoms with Gasteiger partial charge in [0.25, 0.3) is 5.91 Å². The number of aromatic nitrogens is 1. The molecule has 0 atom stereocenters. The second-order valence-corrected chi connectivity index (χ2v) is 5.00. The average molecular weight is 263 g/mol. The van der Waals surface area contributed by atoms with E-state index in [0.717, 1.165) is 40.9 Å². The summed E-state index contributed by atoms with van der Waals surface area (Å²) in [5, 5.41) is 1.06. The second kappa shape index (κ2) is 4.23. The first-order valence-electron chi connectivity index (χ1n) is 6.73. The minimum absolute atomic E-state index is 0.00645. The third-order valence-electron chi connectivity index (χ3n) is 3.65. The Balaban J connectivity index is 1.76. The number of nitrogens with zero attached hydrogens (tertiary/aromatic N) is 1. The molecule has 1 aromatic heterocycles. The van der Waals surface area contributed by atoms with Crippen LogP contribution in [-0.4, -0.2) is 10.5 Å². The number of carbonyl (C=O) groups is 1. The Morgan fingerprint density at radius 3 is 2.95 bits per heavy atom. The van der Waals surface area contributed by atoms with Crippen LogP contribution >= 0.6 is 0 Å². The van der Waals surface area contributed by atoms with E-state index < -0.39 is 0 Å². The summed E-state index contributed by atoms with van der Waals surface area (Å²) in [7, 11) is 0. The number of hydrogen-bond donors (Lipinski definition) is 0. The molecule has 4 rings (SSSR count). The first-order chi connectivity index (χ1) is 9.81. The van der Waals surface area contributed by atoms with Crippen LogP contribution in [0.5, 0.6) is 5.75 Å². The van der Waals surface area contributed by atoms with Crippen LogP contribution in [0.15, 0.2) is 54.3 Å². The molecule has 98 valence electrons. The van der Waals surface area contributed by atoms with Crippen molar-refractivity contribution in [2.24, 2.45) is 0 Å². The molecule has 0 spiro atoms. The minimum Gasteiger partial charge on any atom is -0.462 e. The van der Waals surface area contributed by atoms with Gasteiger partial charge >= 0.3 is 0 Å². The van der Waals surface area contributed by atoms with Gasteiger partial charge in [-0.05, 0) is 36.8 Å². The Morgan fingerprint density at radius 1 is 1.15 bits per heavy atom. The second-order valence-electron chi connectivity index (χ2n) is 5.00. The lowest BCUT2D eigenvalue weighted by molar-refractivity contribution is 0.0979. The molecule has 20 heavy (non-hydrogen) atoms. The van der Waals surface area contributed by atoms with Crippen molar-refractivity contribution >= 4 is 22.9 Å². The van der Waals surface area contributed by atoms with Crippen molar-refractivity contribution in [2.45, 2.75) is 12.8 Å². The quantitative estimate of drug-likeness (QED) is 0.822. The summed E-state index contributed by atoms with van der Waals surface area (Å²) in [6, 6.07) is 7.90. The monoisotopic (exact) mass is 263 g/mol. The van der Waals surface area contributed by atoms with Crippen molar-refractivity contribution in [3.05, 3.63) is 60.0 Å². The van der Waals surface area contributed by atoms with Crippen LogP contribution in [0.2, 0.25) is 0 Å². The minimum atomic E-state index is 0.00645. The van der Waals surface area contributed by atoms with Gasteiger partial charge in [0.05, 0.1) is 11.2 Å². The first kappa shape index (κ1) is 11.3. The lowest BCUT2D eigenvalue weighted by atomic mass is 10.1. The molecule has 3 heteroatoms. The molecule has 0 saturated carbocycles. The van der Waals surface area contributed by atoms with E-state index in [4.69, 9.17) is 4.74 Å². The van der Waals surface area contributed by atoms with E-state index in [1.807, 2.05) is 42.5 Å². The molecule has 0 radical (unpaired) electrons. The topological polar surface area (TPSA) is 31.2 Å². The highest BCUT2D eigenvalue weighted by Gasteiger charge is 2.17. The van der Waals surface area contributed by atoms with Gasteiger partial charge in [0.1, 0.15) is 11.5 Å². The number of hydrogen-bond acceptors (Lipinski definition) is 2. The molecular weight excluding hydrogens is 250 g/mol. The maximum Gasteiger partial charge on any atom is 0.255 e. The van der Waals surface area contributed by atoms with Crippen molar-refractivity contribution in [3.8, 4) is 5.75 Å². The molecule has 2 aromatic rings. The zero-order chi connectivity index (χ0) is 13.5. The third-order valence-corrected chi connectivity index (χ3v) is 3.65. The lowest BCUT2D eigenvalue weighted by Crippen LogP contribution is -2.03. The predicted molar refractivity (Wildman–Crippen MR) is 78.7 cm³/mol. The Labute approximate surface area is 116 Å². The standard InChI is InChI=1S/C17H13NO2/c19-17-9-7-13-10-12-6-8-15(11-16(12)18(13)17)20-14-4-2-1-3-5-14/h1-2,4,6-11H,3,5H2. The predicted octanol–water partition coefficient (Wildman–Crippen LogP) is 3.92. The van der Waals surface area contributed by atoms with Crippen LogP contribution in [0, 0.1) is 0 Å². The fraction of sp³-hybridized carbons (Fsp3) is 0.118. The summed E-state index contributed by atoms with van der Waals surface area (Å²) >= 11 is 0. The zero-order valence-corrected chi connectivity index (χ0v) is 10.9. The molecule has 0 fully saturated rings. The summed E-state index contributed by atoms with van der Waals surface area (Å²) in [6.45, 7) is 0. The van der Waals surface area contributed by atoms with Gasteiger partial charge in [-0.25, -0.2) is 0 Å². The molecule has 1 aliphatic carbocycles. The van der Waals surface area contributed by atoms with Crippen LogP contribution in [0.25, 0.3) is 17.0 Å². The van der Waals surface area contributed by atoms with Crippen LogP contribution in [0.3, 0.4) is 0 Å². The van der Waals surface area contributed by atoms with Crippen molar-refractivity contribution in [2.75, 3.05) is 0 Å². The molecule has 1 aliphatic heterocycles. The summed E-state index contributed by atoms with van der Waals surface area (Å²) in [5.74, 6) is 1.75. The van der Waals surface area contributed by atoms with Crippen LogP contribution in [-0.2, 0) is 0 Å². The largest absolute Gasteiger partial charge is 0.462 e. The molecule has 3 nitrogen and oxygen atoms in total. The van der Waals surface area contributed by atoms with Gasteiger partial charge in [-0.15, -0.1) is 0 Å². The van der Waals surface area contributed by atoms with Crippen LogP contribution in [0.1, 0.15) is 23.3 Å². The van der Waals surface area contributed by atoms with E-state index in [1.165, 1.54) is 0 Å². The highest BCUT2D eigenvalue weighted by atomic mass is 16.5. The van der Waals surface area contributed by atoms with Gasteiger partial charge in [-0.3, -0.25) is 9.36 Å². The number of ether oxygens (including phenoxy) is 1. The Bertz CT molecular complexity index is 806. The van der Waals surface area contributed by atoms with E-state index in [2.05, 4.69) is 6.08 Å².